The summed E-state index contributed by atoms with van der Waals surface area (Å²) in [6, 6.07) is 15.8. The lowest BCUT2D eigenvalue weighted by Crippen LogP contribution is -2.27. The summed E-state index contributed by atoms with van der Waals surface area (Å²) in [7, 11) is 0. The van der Waals surface area contributed by atoms with Crippen molar-refractivity contribution in [2.24, 2.45) is 0 Å². The third kappa shape index (κ3) is 5.56. The SMILES string of the molecule is S=C(NCc1ccc(Cl)cc1)Nc1cnn(Cc2ccc(Br)cc2)c1. The molecule has 0 amide bonds. The van der Waals surface area contributed by atoms with Gasteiger partial charge in [0.15, 0.2) is 5.11 Å². The molecule has 0 bridgehead atoms. The van der Waals surface area contributed by atoms with E-state index in [9.17, 15) is 0 Å². The highest BCUT2D eigenvalue weighted by Gasteiger charge is 2.03. The minimum Gasteiger partial charge on any atom is -0.358 e. The van der Waals surface area contributed by atoms with Crippen molar-refractivity contribution in [3.63, 3.8) is 0 Å². The largest absolute Gasteiger partial charge is 0.358 e. The van der Waals surface area contributed by atoms with Gasteiger partial charge < -0.3 is 10.6 Å². The van der Waals surface area contributed by atoms with Crippen LogP contribution in [0.5, 0.6) is 0 Å². The van der Waals surface area contributed by atoms with Gasteiger partial charge in [-0.2, -0.15) is 5.10 Å². The quantitative estimate of drug-likeness (QED) is 0.563. The molecule has 0 unspecified atom stereocenters. The summed E-state index contributed by atoms with van der Waals surface area (Å²) in [5.74, 6) is 0. The Kier molecular flexibility index (Phi) is 6.07. The second kappa shape index (κ2) is 8.47. The molecule has 0 radical (unpaired) electrons. The van der Waals surface area contributed by atoms with Crippen LogP contribution >= 0.6 is 39.7 Å². The maximum Gasteiger partial charge on any atom is 0.171 e. The van der Waals surface area contributed by atoms with E-state index in [-0.39, 0.29) is 0 Å². The van der Waals surface area contributed by atoms with Crippen molar-refractivity contribution in [1.82, 2.24) is 15.1 Å². The molecule has 3 aromatic rings. The predicted octanol–water partition coefficient (Wildman–Crippen LogP) is 4.83. The van der Waals surface area contributed by atoms with E-state index >= 15 is 0 Å². The van der Waals surface area contributed by atoms with E-state index in [0.717, 1.165) is 20.7 Å². The Morgan fingerprint density at radius 3 is 2.48 bits per heavy atom. The number of anilines is 1. The van der Waals surface area contributed by atoms with Gasteiger partial charge in [-0.05, 0) is 47.6 Å². The normalized spacial score (nSPS) is 10.5. The molecule has 1 heterocycles. The number of benzene rings is 2. The molecule has 25 heavy (non-hydrogen) atoms. The summed E-state index contributed by atoms with van der Waals surface area (Å²) >= 11 is 14.6. The van der Waals surface area contributed by atoms with Crippen molar-refractivity contribution in [2.45, 2.75) is 13.1 Å². The van der Waals surface area contributed by atoms with Gasteiger partial charge in [0.05, 0.1) is 18.4 Å². The summed E-state index contributed by atoms with van der Waals surface area (Å²) in [5, 5.41) is 11.9. The van der Waals surface area contributed by atoms with E-state index in [1.165, 1.54) is 5.56 Å². The summed E-state index contributed by atoms with van der Waals surface area (Å²) in [6.45, 7) is 1.34. The molecule has 0 spiro atoms. The Bertz CT molecular complexity index is 846. The van der Waals surface area contributed by atoms with Crippen molar-refractivity contribution < 1.29 is 0 Å². The van der Waals surface area contributed by atoms with Crippen LogP contribution in [0.2, 0.25) is 5.02 Å². The Hall–Kier alpha value is -1.89. The minimum atomic E-state index is 0.554. The van der Waals surface area contributed by atoms with E-state index < -0.39 is 0 Å². The lowest BCUT2D eigenvalue weighted by atomic mass is 10.2. The highest BCUT2D eigenvalue weighted by atomic mass is 79.9. The molecule has 1 aromatic heterocycles. The maximum absolute atomic E-state index is 5.88. The zero-order chi connectivity index (χ0) is 17.6. The van der Waals surface area contributed by atoms with Crippen LogP contribution in [0, 0.1) is 0 Å². The third-order valence-corrected chi connectivity index (χ3v) is 4.54. The number of halogens is 2. The van der Waals surface area contributed by atoms with Crippen molar-refractivity contribution in [2.75, 3.05) is 5.32 Å². The average molecular weight is 436 g/mol. The Morgan fingerprint density at radius 1 is 1.08 bits per heavy atom. The molecule has 0 aliphatic rings. The fraction of sp³-hybridized carbons (Fsp3) is 0.111. The van der Waals surface area contributed by atoms with E-state index in [0.29, 0.717) is 18.2 Å². The van der Waals surface area contributed by atoms with Gasteiger partial charge in [-0.1, -0.05) is 51.8 Å². The van der Waals surface area contributed by atoms with Gasteiger partial charge in [0, 0.05) is 22.2 Å². The van der Waals surface area contributed by atoms with Gasteiger partial charge in [0.25, 0.3) is 0 Å². The molecule has 0 aliphatic carbocycles. The Morgan fingerprint density at radius 2 is 1.76 bits per heavy atom. The average Bonchev–Trinajstić information content (AvgIpc) is 3.03. The van der Waals surface area contributed by atoms with Crippen molar-refractivity contribution in [3.05, 3.63) is 81.5 Å². The second-order valence-corrected chi connectivity index (χ2v) is 7.25. The first-order valence-corrected chi connectivity index (χ1v) is 9.22. The van der Waals surface area contributed by atoms with Gasteiger partial charge in [0.1, 0.15) is 0 Å². The molecule has 7 heteroatoms. The smallest absolute Gasteiger partial charge is 0.171 e. The monoisotopic (exact) mass is 434 g/mol. The first-order chi connectivity index (χ1) is 12.1. The first-order valence-electron chi connectivity index (χ1n) is 7.65. The van der Waals surface area contributed by atoms with Gasteiger partial charge in [-0.3, -0.25) is 4.68 Å². The fourth-order valence-electron chi connectivity index (χ4n) is 2.25. The number of hydrogen-bond acceptors (Lipinski definition) is 2. The molecule has 0 saturated carbocycles. The highest BCUT2D eigenvalue weighted by Crippen LogP contribution is 2.13. The standard InChI is InChI=1S/C18H16BrClN4S/c19-15-5-1-14(2-6-15)11-24-12-17(10-22-24)23-18(25)21-9-13-3-7-16(20)8-4-13/h1-8,10,12H,9,11H2,(H2,21,23,25). The van der Waals surface area contributed by atoms with Crippen molar-refractivity contribution in [1.29, 1.82) is 0 Å². The molecule has 4 nitrogen and oxygen atoms in total. The molecule has 2 N–H and O–H groups in total. The lowest BCUT2D eigenvalue weighted by Gasteiger charge is -2.09. The van der Waals surface area contributed by atoms with E-state index in [1.807, 2.05) is 47.3 Å². The van der Waals surface area contributed by atoms with Crippen LogP contribution in [-0.2, 0) is 13.1 Å². The van der Waals surface area contributed by atoms with Gasteiger partial charge in [-0.15, -0.1) is 0 Å². The van der Waals surface area contributed by atoms with Crippen LogP contribution in [-0.4, -0.2) is 14.9 Å². The number of thiocarbonyl (C=S) groups is 1. The molecular weight excluding hydrogens is 420 g/mol. The Labute approximate surface area is 165 Å². The van der Waals surface area contributed by atoms with E-state index in [1.54, 1.807) is 6.20 Å². The molecule has 0 saturated heterocycles. The minimum absolute atomic E-state index is 0.554. The van der Waals surface area contributed by atoms with Crippen LogP contribution in [0.4, 0.5) is 5.69 Å². The van der Waals surface area contributed by atoms with Crippen LogP contribution in [0.25, 0.3) is 0 Å². The third-order valence-electron chi connectivity index (χ3n) is 3.52. The van der Waals surface area contributed by atoms with Crippen LogP contribution in [0.15, 0.2) is 65.4 Å². The summed E-state index contributed by atoms with van der Waals surface area (Å²) in [4.78, 5) is 0. The van der Waals surface area contributed by atoms with Crippen molar-refractivity contribution in [3.8, 4) is 0 Å². The second-order valence-electron chi connectivity index (χ2n) is 5.49. The van der Waals surface area contributed by atoms with Gasteiger partial charge >= 0.3 is 0 Å². The lowest BCUT2D eigenvalue weighted by molar-refractivity contribution is 0.687. The molecule has 0 fully saturated rings. The van der Waals surface area contributed by atoms with Crippen LogP contribution in [0.1, 0.15) is 11.1 Å². The fourth-order valence-corrected chi connectivity index (χ4v) is 2.83. The highest BCUT2D eigenvalue weighted by molar-refractivity contribution is 9.10. The molecule has 0 aliphatic heterocycles. The van der Waals surface area contributed by atoms with Crippen molar-refractivity contribution >= 4 is 50.5 Å². The Balaban J connectivity index is 1.51. The maximum atomic E-state index is 5.88. The molecule has 128 valence electrons. The molecule has 3 rings (SSSR count). The molecule has 2 aromatic carbocycles. The number of nitrogens with zero attached hydrogens (tertiary/aromatic N) is 2. The summed E-state index contributed by atoms with van der Waals surface area (Å²) in [6.07, 6.45) is 3.69. The van der Waals surface area contributed by atoms with Crippen LogP contribution < -0.4 is 10.6 Å². The van der Waals surface area contributed by atoms with E-state index in [2.05, 4.69) is 43.8 Å². The van der Waals surface area contributed by atoms with Crippen LogP contribution in [0.3, 0.4) is 0 Å². The van der Waals surface area contributed by atoms with E-state index in [4.69, 9.17) is 23.8 Å². The van der Waals surface area contributed by atoms with Gasteiger partial charge in [-0.25, -0.2) is 0 Å². The zero-order valence-electron chi connectivity index (χ0n) is 13.2. The number of rotatable bonds is 5. The molecule has 0 atom stereocenters. The molecular formula is C18H16BrClN4S. The topological polar surface area (TPSA) is 41.9 Å². The number of nitrogens with one attached hydrogen (secondary N) is 2. The summed E-state index contributed by atoms with van der Waals surface area (Å²) in [5.41, 5.74) is 3.14. The van der Waals surface area contributed by atoms with Gasteiger partial charge in [0.2, 0.25) is 0 Å². The first kappa shape index (κ1) is 17.9. The number of aromatic nitrogens is 2. The zero-order valence-corrected chi connectivity index (χ0v) is 16.4. The predicted molar refractivity (Wildman–Crippen MR) is 110 cm³/mol. The number of hydrogen-bond donors (Lipinski definition) is 2. The summed E-state index contributed by atoms with van der Waals surface area (Å²) < 4.78 is 2.93.